The normalized spacial score (nSPS) is 24.9. The number of ether oxygens (including phenoxy) is 1. The maximum absolute atomic E-state index is 13.4. The number of fused-ring (bicyclic) bond motifs is 1. The number of carbonyl (C=O) groups excluding carboxylic acids is 1. The molecule has 3 aromatic rings. The summed E-state index contributed by atoms with van der Waals surface area (Å²) in [5.74, 6) is 0.0701. The smallest absolute Gasteiger partial charge is 0.257 e. The first-order valence-electron chi connectivity index (χ1n) is 15.0. The highest BCUT2D eigenvalue weighted by molar-refractivity contribution is 7.13. The van der Waals surface area contributed by atoms with Gasteiger partial charge in [0.05, 0.1) is 29.1 Å². The van der Waals surface area contributed by atoms with Crippen LogP contribution >= 0.6 is 11.3 Å². The third kappa shape index (κ3) is 5.33. The molecule has 8 nitrogen and oxygen atoms in total. The number of aryl methyl sites for hydroxylation is 2. The van der Waals surface area contributed by atoms with Crippen LogP contribution in [0.2, 0.25) is 0 Å². The summed E-state index contributed by atoms with van der Waals surface area (Å²) in [6, 6.07) is 7.58. The van der Waals surface area contributed by atoms with Gasteiger partial charge in [0.1, 0.15) is 11.3 Å². The first kappa shape index (κ1) is 28.4. The van der Waals surface area contributed by atoms with E-state index in [4.69, 9.17) is 4.74 Å². The third-order valence-electron chi connectivity index (χ3n) is 9.66. The van der Waals surface area contributed by atoms with E-state index in [0.29, 0.717) is 11.6 Å². The molecular formula is C32H42N6O2S. The summed E-state index contributed by atoms with van der Waals surface area (Å²) in [7, 11) is 0. The first-order chi connectivity index (χ1) is 19.8. The fraction of sp³-hybridized carbons (Fsp3) is 0.562. The van der Waals surface area contributed by atoms with Gasteiger partial charge in [-0.3, -0.25) is 14.6 Å². The third-order valence-corrected chi connectivity index (χ3v) is 10.5. The van der Waals surface area contributed by atoms with Gasteiger partial charge in [0, 0.05) is 74.5 Å². The lowest BCUT2D eigenvalue weighted by Crippen LogP contribution is -2.62. The molecule has 2 saturated heterocycles. The average molecular weight is 575 g/mol. The fourth-order valence-electron chi connectivity index (χ4n) is 7.30. The molecule has 3 atom stereocenters. The van der Waals surface area contributed by atoms with Crippen LogP contribution in [0.5, 0.6) is 0 Å². The summed E-state index contributed by atoms with van der Waals surface area (Å²) in [5.41, 5.74) is 6.29. The van der Waals surface area contributed by atoms with Crippen molar-refractivity contribution in [3.05, 3.63) is 64.2 Å². The minimum atomic E-state index is 0.0701. The molecule has 1 aliphatic carbocycles. The highest BCUT2D eigenvalue weighted by atomic mass is 32.1. The largest absolute Gasteiger partial charge is 0.376 e. The van der Waals surface area contributed by atoms with Crippen LogP contribution in [0.3, 0.4) is 0 Å². The van der Waals surface area contributed by atoms with Crippen molar-refractivity contribution < 1.29 is 9.53 Å². The van der Waals surface area contributed by atoms with E-state index in [0.717, 1.165) is 75.0 Å². The number of likely N-dealkylation sites (tertiary alicyclic amines) is 1. The Balaban J connectivity index is 1.13. The SMILES string of the molecule is CCO[C@H]1Cc2cc(-c3nccs3)ccc2[C@H]1N1CCN(C2(C)CCN(C(=O)c3c(C)ncnc3C)CC2)C[C@@H]1C. The molecule has 3 aliphatic rings. The quantitative estimate of drug-likeness (QED) is 0.414. The van der Waals surface area contributed by atoms with Crippen LogP contribution in [0, 0.1) is 13.8 Å². The number of hydrogen-bond acceptors (Lipinski definition) is 8. The van der Waals surface area contributed by atoms with Crippen LogP contribution < -0.4 is 0 Å². The Morgan fingerprint density at radius 2 is 1.85 bits per heavy atom. The lowest BCUT2D eigenvalue weighted by molar-refractivity contribution is -0.0630. The van der Waals surface area contributed by atoms with Crippen molar-refractivity contribution in [2.24, 2.45) is 0 Å². The van der Waals surface area contributed by atoms with Gasteiger partial charge in [0.2, 0.25) is 0 Å². The predicted molar refractivity (Wildman–Crippen MR) is 162 cm³/mol. The standard InChI is InChI=1S/C32H42N6O2S/c1-6-40-27-18-25-17-24(30-33-11-16-41-30)7-8-26(25)29(27)38-15-14-37(19-21(38)2)32(5)9-12-36(13-10-32)31(39)28-22(3)34-20-35-23(28)4/h7-8,11,16-17,20-21,27,29H,6,9-10,12-15,18-19H2,1-5H3/t21-,27-,29+/m0/s1. The maximum Gasteiger partial charge on any atom is 0.257 e. The molecule has 0 bridgehead atoms. The summed E-state index contributed by atoms with van der Waals surface area (Å²) in [5, 5.41) is 3.12. The van der Waals surface area contributed by atoms with E-state index in [9.17, 15) is 4.79 Å². The molecule has 0 unspecified atom stereocenters. The Morgan fingerprint density at radius 3 is 2.51 bits per heavy atom. The zero-order valence-corrected chi connectivity index (χ0v) is 25.8. The van der Waals surface area contributed by atoms with Gasteiger partial charge in [-0.15, -0.1) is 11.3 Å². The van der Waals surface area contributed by atoms with Gasteiger partial charge in [-0.25, -0.2) is 15.0 Å². The van der Waals surface area contributed by atoms with Gasteiger partial charge >= 0.3 is 0 Å². The van der Waals surface area contributed by atoms with Crippen LogP contribution in [-0.2, 0) is 11.2 Å². The van der Waals surface area contributed by atoms with E-state index in [-0.39, 0.29) is 23.6 Å². The highest BCUT2D eigenvalue weighted by Gasteiger charge is 2.44. The molecule has 0 spiro atoms. The van der Waals surface area contributed by atoms with Crippen LogP contribution in [-0.4, -0.2) is 92.6 Å². The number of rotatable bonds is 6. The molecule has 0 N–H and O–H groups in total. The Labute approximate surface area is 247 Å². The molecule has 1 amide bonds. The van der Waals surface area contributed by atoms with E-state index in [1.54, 1.807) is 11.3 Å². The summed E-state index contributed by atoms with van der Waals surface area (Å²) in [6.45, 7) is 16.0. The number of piperidine rings is 1. The van der Waals surface area contributed by atoms with E-state index in [1.165, 1.54) is 23.0 Å². The van der Waals surface area contributed by atoms with Gasteiger partial charge in [-0.2, -0.15) is 0 Å². The summed E-state index contributed by atoms with van der Waals surface area (Å²) >= 11 is 1.69. The van der Waals surface area contributed by atoms with Crippen molar-refractivity contribution in [2.45, 2.75) is 77.6 Å². The molecule has 6 rings (SSSR count). The first-order valence-corrected chi connectivity index (χ1v) is 15.9. The number of carbonyl (C=O) groups is 1. The minimum Gasteiger partial charge on any atom is -0.376 e. The fourth-order valence-corrected chi connectivity index (χ4v) is 7.93. The van der Waals surface area contributed by atoms with Gasteiger partial charge in [-0.05, 0) is 64.7 Å². The number of piperazine rings is 1. The molecule has 41 heavy (non-hydrogen) atoms. The summed E-state index contributed by atoms with van der Waals surface area (Å²) in [4.78, 5) is 33.8. The number of amides is 1. The van der Waals surface area contributed by atoms with Crippen LogP contribution in [0.1, 0.15) is 72.5 Å². The average Bonchev–Trinajstić information content (AvgIpc) is 3.62. The second-order valence-electron chi connectivity index (χ2n) is 12.1. The summed E-state index contributed by atoms with van der Waals surface area (Å²) < 4.78 is 6.37. The van der Waals surface area contributed by atoms with Crippen molar-refractivity contribution in [3.63, 3.8) is 0 Å². The molecular weight excluding hydrogens is 532 g/mol. The van der Waals surface area contributed by atoms with E-state index < -0.39 is 0 Å². The van der Waals surface area contributed by atoms with Crippen LogP contribution in [0.15, 0.2) is 36.1 Å². The van der Waals surface area contributed by atoms with E-state index in [1.807, 2.05) is 30.3 Å². The Hall–Kier alpha value is -2.72. The molecule has 1 aromatic carbocycles. The van der Waals surface area contributed by atoms with Crippen molar-refractivity contribution >= 4 is 17.2 Å². The zero-order chi connectivity index (χ0) is 28.7. The Morgan fingerprint density at radius 1 is 1.10 bits per heavy atom. The van der Waals surface area contributed by atoms with Crippen LogP contribution in [0.4, 0.5) is 0 Å². The van der Waals surface area contributed by atoms with Gasteiger partial charge < -0.3 is 9.64 Å². The van der Waals surface area contributed by atoms with Gasteiger partial charge in [0.25, 0.3) is 5.91 Å². The number of benzene rings is 1. The minimum absolute atomic E-state index is 0.0701. The van der Waals surface area contributed by atoms with Gasteiger partial charge in [0.15, 0.2) is 0 Å². The molecule has 2 aromatic heterocycles. The molecule has 2 fully saturated rings. The molecule has 0 saturated carbocycles. The van der Waals surface area contributed by atoms with Crippen molar-refractivity contribution in [2.75, 3.05) is 39.3 Å². The molecule has 2 aliphatic heterocycles. The molecule has 4 heterocycles. The number of thiazole rings is 1. The molecule has 218 valence electrons. The predicted octanol–water partition coefficient (Wildman–Crippen LogP) is 4.92. The van der Waals surface area contributed by atoms with E-state index >= 15 is 0 Å². The lowest BCUT2D eigenvalue weighted by atomic mass is 9.86. The second kappa shape index (κ2) is 11.5. The highest BCUT2D eigenvalue weighted by Crippen LogP contribution is 2.42. The molecule has 9 heteroatoms. The Bertz CT molecular complexity index is 1370. The topological polar surface area (TPSA) is 74.7 Å². The van der Waals surface area contributed by atoms with Crippen LogP contribution in [0.25, 0.3) is 10.6 Å². The number of nitrogens with zero attached hydrogens (tertiary/aromatic N) is 6. The second-order valence-corrected chi connectivity index (χ2v) is 13.0. The zero-order valence-electron chi connectivity index (χ0n) is 25.0. The number of aromatic nitrogens is 3. The number of hydrogen-bond donors (Lipinski definition) is 0. The van der Waals surface area contributed by atoms with E-state index in [2.05, 4.69) is 63.7 Å². The lowest BCUT2D eigenvalue weighted by Gasteiger charge is -2.53. The molecule has 0 radical (unpaired) electrons. The van der Waals surface area contributed by atoms with Crippen molar-refractivity contribution in [1.29, 1.82) is 0 Å². The monoisotopic (exact) mass is 574 g/mol. The maximum atomic E-state index is 13.4. The van der Waals surface area contributed by atoms with Crippen molar-refractivity contribution in [1.82, 2.24) is 29.7 Å². The van der Waals surface area contributed by atoms with Crippen molar-refractivity contribution in [3.8, 4) is 10.6 Å². The Kier molecular flexibility index (Phi) is 7.98. The van der Waals surface area contributed by atoms with Gasteiger partial charge in [-0.1, -0.05) is 12.1 Å². The summed E-state index contributed by atoms with van der Waals surface area (Å²) in [6.07, 6.45) is 6.50.